The van der Waals surface area contributed by atoms with Crippen LogP contribution in [-0.4, -0.2) is 32.4 Å². The summed E-state index contributed by atoms with van der Waals surface area (Å²) in [5, 5.41) is 0.882. The zero-order valence-electron chi connectivity index (χ0n) is 14.8. The lowest BCUT2D eigenvalue weighted by atomic mass is 10.1. The molecule has 0 atom stereocenters. The Balaban J connectivity index is 2.47. The first-order valence-corrected chi connectivity index (χ1v) is 9.59. The van der Waals surface area contributed by atoms with Crippen LogP contribution in [0, 0.1) is 6.92 Å². The van der Waals surface area contributed by atoms with Gasteiger partial charge in [0.1, 0.15) is 0 Å². The van der Waals surface area contributed by atoms with E-state index in [-0.39, 0.29) is 6.16 Å². The molecule has 1 aromatic carbocycles. The highest BCUT2D eigenvalue weighted by atomic mass is 31.2. The molecule has 0 radical (unpaired) electrons. The van der Waals surface area contributed by atoms with Crippen LogP contribution in [0.2, 0.25) is 0 Å². The Kier molecular flexibility index (Phi) is 6.21. The summed E-state index contributed by atoms with van der Waals surface area (Å²) < 4.78 is 34.2. The van der Waals surface area contributed by atoms with Gasteiger partial charge in [0.05, 0.1) is 39.1 Å². The molecule has 0 aliphatic carbocycles. The molecular weight excluding hydrogens is 329 g/mol. The first-order chi connectivity index (χ1) is 11.5. The Labute approximate surface area is 142 Å². The molecule has 2 aromatic rings. The third kappa shape index (κ3) is 4.07. The van der Waals surface area contributed by atoms with Gasteiger partial charge in [0.15, 0.2) is 11.5 Å². The summed E-state index contributed by atoms with van der Waals surface area (Å²) in [5.41, 5.74) is 2.41. The van der Waals surface area contributed by atoms with Gasteiger partial charge in [-0.3, -0.25) is 9.55 Å². The lowest BCUT2D eigenvalue weighted by molar-refractivity contribution is 0.219. The maximum Gasteiger partial charge on any atom is 0.335 e. The van der Waals surface area contributed by atoms with E-state index in [1.54, 1.807) is 28.1 Å². The first-order valence-electron chi connectivity index (χ1n) is 7.86. The van der Waals surface area contributed by atoms with Gasteiger partial charge in [0.25, 0.3) is 0 Å². The molecule has 0 N–H and O–H groups in total. The molecule has 6 nitrogen and oxygen atoms in total. The third-order valence-corrected chi connectivity index (χ3v) is 5.66. The van der Waals surface area contributed by atoms with Crippen molar-refractivity contribution in [1.29, 1.82) is 0 Å². The fourth-order valence-electron chi connectivity index (χ4n) is 2.53. The van der Waals surface area contributed by atoms with Crippen molar-refractivity contribution in [2.75, 3.05) is 27.4 Å². The van der Waals surface area contributed by atoms with Crippen LogP contribution in [0.1, 0.15) is 25.1 Å². The SMILES string of the molecule is CCOP(=O)(Cc1cc2cc(OC)c(OC)cc2nc1C)OCC. The zero-order valence-corrected chi connectivity index (χ0v) is 15.7. The Morgan fingerprint density at radius 3 is 2.12 bits per heavy atom. The molecular formula is C17H24NO5P. The average molecular weight is 353 g/mol. The monoisotopic (exact) mass is 353 g/mol. The number of aryl methyl sites for hydroxylation is 1. The summed E-state index contributed by atoms with van der Waals surface area (Å²) in [6, 6.07) is 5.64. The minimum atomic E-state index is -3.18. The first kappa shape index (κ1) is 18.7. The van der Waals surface area contributed by atoms with Crippen molar-refractivity contribution in [2.45, 2.75) is 26.9 Å². The molecule has 0 saturated heterocycles. The van der Waals surface area contributed by atoms with Crippen molar-refractivity contribution < 1.29 is 23.1 Å². The molecule has 1 aromatic heterocycles. The van der Waals surface area contributed by atoms with Gasteiger partial charge < -0.3 is 18.5 Å². The average Bonchev–Trinajstić information content (AvgIpc) is 2.54. The van der Waals surface area contributed by atoms with Crippen molar-refractivity contribution >= 4 is 18.5 Å². The number of hydrogen-bond acceptors (Lipinski definition) is 6. The lowest BCUT2D eigenvalue weighted by Crippen LogP contribution is -2.02. The Morgan fingerprint density at radius 2 is 1.58 bits per heavy atom. The smallest absolute Gasteiger partial charge is 0.335 e. The summed E-state index contributed by atoms with van der Waals surface area (Å²) in [5.74, 6) is 1.25. The van der Waals surface area contributed by atoms with Crippen LogP contribution in [0.4, 0.5) is 0 Å². The molecule has 0 unspecified atom stereocenters. The van der Waals surface area contributed by atoms with E-state index in [0.29, 0.717) is 24.7 Å². The minimum Gasteiger partial charge on any atom is -0.493 e. The molecule has 0 spiro atoms. The van der Waals surface area contributed by atoms with E-state index < -0.39 is 7.60 Å². The second-order valence-corrected chi connectivity index (χ2v) is 7.29. The number of benzene rings is 1. The van der Waals surface area contributed by atoms with Gasteiger partial charge in [-0.05, 0) is 38.5 Å². The maximum atomic E-state index is 12.8. The van der Waals surface area contributed by atoms with Gasteiger partial charge in [-0.1, -0.05) is 0 Å². The summed E-state index contributed by atoms with van der Waals surface area (Å²) in [6.45, 7) is 6.15. The fourth-order valence-corrected chi connectivity index (χ4v) is 4.31. The van der Waals surface area contributed by atoms with E-state index in [9.17, 15) is 4.57 Å². The second-order valence-electron chi connectivity index (χ2n) is 5.24. The molecule has 0 bridgehead atoms. The molecule has 0 aliphatic rings. The fraction of sp³-hybridized carbons (Fsp3) is 0.471. The maximum absolute atomic E-state index is 12.8. The van der Waals surface area contributed by atoms with Crippen molar-refractivity contribution in [1.82, 2.24) is 4.98 Å². The van der Waals surface area contributed by atoms with Gasteiger partial charge in [0.2, 0.25) is 0 Å². The van der Waals surface area contributed by atoms with Crippen molar-refractivity contribution in [2.24, 2.45) is 0 Å². The number of hydrogen-bond donors (Lipinski definition) is 0. The largest absolute Gasteiger partial charge is 0.493 e. The Morgan fingerprint density at radius 1 is 1.00 bits per heavy atom. The van der Waals surface area contributed by atoms with Crippen LogP contribution in [0.5, 0.6) is 11.5 Å². The molecule has 7 heteroatoms. The number of aromatic nitrogens is 1. The topological polar surface area (TPSA) is 66.9 Å². The number of pyridine rings is 1. The Hall–Kier alpha value is -1.62. The summed E-state index contributed by atoms with van der Waals surface area (Å²) in [7, 11) is 0.000305. The van der Waals surface area contributed by atoms with Gasteiger partial charge in [0, 0.05) is 17.1 Å². The van der Waals surface area contributed by atoms with Crippen LogP contribution in [-0.2, 0) is 19.8 Å². The predicted octanol–water partition coefficient (Wildman–Crippen LogP) is 4.33. The van der Waals surface area contributed by atoms with E-state index in [4.69, 9.17) is 18.5 Å². The van der Waals surface area contributed by atoms with Gasteiger partial charge in [-0.2, -0.15) is 0 Å². The lowest BCUT2D eigenvalue weighted by Gasteiger charge is -2.18. The van der Waals surface area contributed by atoms with Crippen LogP contribution >= 0.6 is 7.60 Å². The number of nitrogens with zero attached hydrogens (tertiary/aromatic N) is 1. The molecule has 2 rings (SSSR count). The summed E-state index contributed by atoms with van der Waals surface area (Å²) in [6.07, 6.45) is 0.192. The van der Waals surface area contributed by atoms with E-state index in [1.807, 2.05) is 25.1 Å². The highest BCUT2D eigenvalue weighted by molar-refractivity contribution is 7.53. The molecule has 0 saturated carbocycles. The van der Waals surface area contributed by atoms with Gasteiger partial charge >= 0.3 is 7.60 Å². The molecule has 132 valence electrons. The van der Waals surface area contributed by atoms with Gasteiger partial charge in [-0.25, -0.2) is 0 Å². The number of fused-ring (bicyclic) bond motifs is 1. The quantitative estimate of drug-likeness (QED) is 0.658. The van der Waals surface area contributed by atoms with Crippen molar-refractivity contribution in [3.63, 3.8) is 0 Å². The highest BCUT2D eigenvalue weighted by Crippen LogP contribution is 2.51. The number of rotatable bonds is 8. The number of methoxy groups -OCH3 is 2. The van der Waals surface area contributed by atoms with E-state index in [0.717, 1.165) is 22.2 Å². The standard InChI is InChI=1S/C17H24NO5P/c1-6-22-24(19,23-7-2)11-14-8-13-9-16(20-4)17(21-5)10-15(13)18-12(14)3/h8-10H,6-7,11H2,1-5H3. The summed E-state index contributed by atoms with van der Waals surface area (Å²) >= 11 is 0. The summed E-state index contributed by atoms with van der Waals surface area (Å²) in [4.78, 5) is 4.60. The van der Waals surface area contributed by atoms with Crippen LogP contribution in [0.15, 0.2) is 18.2 Å². The number of ether oxygens (including phenoxy) is 2. The second kappa shape index (κ2) is 7.97. The van der Waals surface area contributed by atoms with Crippen LogP contribution in [0.25, 0.3) is 10.9 Å². The molecule has 0 aliphatic heterocycles. The van der Waals surface area contributed by atoms with E-state index in [2.05, 4.69) is 4.98 Å². The highest BCUT2D eigenvalue weighted by Gasteiger charge is 2.25. The van der Waals surface area contributed by atoms with Crippen molar-refractivity contribution in [3.8, 4) is 11.5 Å². The third-order valence-electron chi connectivity index (χ3n) is 3.63. The zero-order chi connectivity index (χ0) is 17.7. The normalized spacial score (nSPS) is 11.7. The van der Waals surface area contributed by atoms with Crippen LogP contribution < -0.4 is 9.47 Å². The predicted molar refractivity (Wildman–Crippen MR) is 94.1 cm³/mol. The molecule has 0 amide bonds. The molecule has 0 fully saturated rings. The minimum absolute atomic E-state index is 0.192. The molecule has 1 heterocycles. The van der Waals surface area contributed by atoms with Crippen LogP contribution in [0.3, 0.4) is 0 Å². The van der Waals surface area contributed by atoms with E-state index in [1.165, 1.54) is 0 Å². The Bertz CT molecular complexity index is 752. The van der Waals surface area contributed by atoms with Gasteiger partial charge in [-0.15, -0.1) is 0 Å². The molecule has 24 heavy (non-hydrogen) atoms. The van der Waals surface area contributed by atoms with Crippen molar-refractivity contribution in [3.05, 3.63) is 29.5 Å². The van der Waals surface area contributed by atoms with E-state index >= 15 is 0 Å².